The van der Waals surface area contributed by atoms with Gasteiger partial charge in [0.25, 0.3) is 0 Å². The van der Waals surface area contributed by atoms with E-state index in [2.05, 4.69) is 24.6 Å². The highest BCUT2D eigenvalue weighted by atomic mass is 35.5. The fraction of sp³-hybridized carbons (Fsp3) is 0. The van der Waals surface area contributed by atoms with Gasteiger partial charge in [-0.25, -0.2) is 19.2 Å². The second-order valence-electron chi connectivity index (χ2n) is 3.86. The standard InChI is InChI=1S/C12H6ClFN4O2/c13-7-3-6(1-2-8(7)14)9-4-10(16-5-15-9)11-17-12(19)20-18-11/h1-5H,(H,17,18,19). The lowest BCUT2D eigenvalue weighted by molar-refractivity contribution is 0.387. The highest BCUT2D eigenvalue weighted by molar-refractivity contribution is 6.31. The van der Waals surface area contributed by atoms with E-state index in [1.165, 1.54) is 18.5 Å². The van der Waals surface area contributed by atoms with E-state index in [0.29, 0.717) is 17.0 Å². The first kappa shape index (κ1) is 12.5. The number of rotatable bonds is 2. The summed E-state index contributed by atoms with van der Waals surface area (Å²) in [5, 5.41) is 3.53. The molecular formula is C12H6ClFN4O2. The van der Waals surface area contributed by atoms with E-state index in [1.54, 1.807) is 12.1 Å². The number of benzene rings is 1. The van der Waals surface area contributed by atoms with Gasteiger partial charge in [0.15, 0.2) is 0 Å². The Kier molecular flexibility index (Phi) is 3.03. The van der Waals surface area contributed by atoms with E-state index in [0.717, 1.165) is 0 Å². The van der Waals surface area contributed by atoms with Crippen molar-refractivity contribution in [2.75, 3.05) is 0 Å². The largest absolute Gasteiger partial charge is 0.439 e. The molecule has 0 unspecified atom stereocenters. The van der Waals surface area contributed by atoms with Crippen LogP contribution in [0.3, 0.4) is 0 Å². The fourth-order valence-corrected chi connectivity index (χ4v) is 1.82. The van der Waals surface area contributed by atoms with E-state index in [9.17, 15) is 9.18 Å². The SMILES string of the molecule is O=c1[nH]c(-c2cc(-c3ccc(F)c(Cl)c3)ncn2)no1. The second-order valence-corrected chi connectivity index (χ2v) is 4.27. The van der Waals surface area contributed by atoms with Crippen molar-refractivity contribution in [2.45, 2.75) is 0 Å². The molecule has 0 spiro atoms. The van der Waals surface area contributed by atoms with Gasteiger partial charge in [0.2, 0.25) is 5.82 Å². The smallest absolute Gasteiger partial charge is 0.296 e. The minimum Gasteiger partial charge on any atom is -0.296 e. The molecule has 20 heavy (non-hydrogen) atoms. The van der Waals surface area contributed by atoms with Gasteiger partial charge in [0.05, 0.1) is 10.7 Å². The third-order valence-corrected chi connectivity index (χ3v) is 2.86. The molecule has 2 aromatic heterocycles. The Morgan fingerprint density at radius 3 is 2.70 bits per heavy atom. The van der Waals surface area contributed by atoms with Crippen LogP contribution in [0, 0.1) is 5.82 Å². The summed E-state index contributed by atoms with van der Waals surface area (Å²) >= 11 is 5.73. The Hall–Kier alpha value is -2.54. The molecule has 0 saturated heterocycles. The molecule has 0 aliphatic rings. The number of hydrogen-bond donors (Lipinski definition) is 1. The lowest BCUT2D eigenvalue weighted by Crippen LogP contribution is -1.96. The lowest BCUT2D eigenvalue weighted by atomic mass is 10.1. The number of halogens is 2. The van der Waals surface area contributed by atoms with Crippen molar-refractivity contribution < 1.29 is 8.91 Å². The number of nitrogens with zero attached hydrogens (tertiary/aromatic N) is 3. The molecule has 0 saturated carbocycles. The van der Waals surface area contributed by atoms with E-state index in [4.69, 9.17) is 11.6 Å². The van der Waals surface area contributed by atoms with Crippen molar-refractivity contribution in [1.29, 1.82) is 0 Å². The Balaban J connectivity index is 2.07. The van der Waals surface area contributed by atoms with Crippen molar-refractivity contribution in [2.24, 2.45) is 0 Å². The number of aromatic amines is 1. The summed E-state index contributed by atoms with van der Waals surface area (Å²) in [6.45, 7) is 0. The molecular weight excluding hydrogens is 287 g/mol. The van der Waals surface area contributed by atoms with Crippen molar-refractivity contribution in [3.8, 4) is 22.8 Å². The van der Waals surface area contributed by atoms with Crippen molar-refractivity contribution >= 4 is 11.6 Å². The van der Waals surface area contributed by atoms with Gasteiger partial charge in [-0.15, -0.1) is 0 Å². The van der Waals surface area contributed by atoms with Crippen molar-refractivity contribution in [3.63, 3.8) is 0 Å². The Bertz CT molecular complexity index is 830. The van der Waals surface area contributed by atoms with Gasteiger partial charge in [0, 0.05) is 5.56 Å². The van der Waals surface area contributed by atoms with Crippen LogP contribution in [0.4, 0.5) is 4.39 Å². The third kappa shape index (κ3) is 2.30. The lowest BCUT2D eigenvalue weighted by Gasteiger charge is -2.03. The summed E-state index contributed by atoms with van der Waals surface area (Å²) < 4.78 is 17.5. The van der Waals surface area contributed by atoms with Gasteiger partial charge >= 0.3 is 5.76 Å². The first-order valence-electron chi connectivity index (χ1n) is 5.47. The number of hydrogen-bond acceptors (Lipinski definition) is 5. The fourth-order valence-electron chi connectivity index (χ4n) is 1.64. The molecule has 0 aliphatic heterocycles. The predicted octanol–water partition coefficient (Wildman–Crippen LogP) is 2.28. The normalized spacial score (nSPS) is 10.7. The summed E-state index contributed by atoms with van der Waals surface area (Å²) in [7, 11) is 0. The zero-order valence-corrected chi connectivity index (χ0v) is 10.6. The quantitative estimate of drug-likeness (QED) is 0.783. The molecule has 2 heterocycles. The molecule has 6 nitrogen and oxygen atoms in total. The van der Waals surface area contributed by atoms with Crippen LogP contribution >= 0.6 is 11.6 Å². The van der Waals surface area contributed by atoms with Gasteiger partial charge < -0.3 is 0 Å². The molecule has 100 valence electrons. The second kappa shape index (κ2) is 4.86. The molecule has 0 radical (unpaired) electrons. The van der Waals surface area contributed by atoms with E-state index in [1.807, 2.05) is 0 Å². The van der Waals surface area contributed by atoms with E-state index >= 15 is 0 Å². The summed E-state index contributed by atoms with van der Waals surface area (Å²) in [6.07, 6.45) is 1.30. The highest BCUT2D eigenvalue weighted by Gasteiger charge is 2.09. The van der Waals surface area contributed by atoms with Crippen LogP contribution < -0.4 is 5.76 Å². The first-order valence-corrected chi connectivity index (χ1v) is 5.85. The minimum absolute atomic E-state index is 0.00231. The van der Waals surface area contributed by atoms with Gasteiger partial charge in [-0.1, -0.05) is 16.8 Å². The van der Waals surface area contributed by atoms with Crippen molar-refractivity contribution in [3.05, 3.63) is 52.0 Å². The maximum absolute atomic E-state index is 13.1. The van der Waals surface area contributed by atoms with Crippen LogP contribution in [0.5, 0.6) is 0 Å². The molecule has 0 aliphatic carbocycles. The summed E-state index contributed by atoms with van der Waals surface area (Å²) in [5.74, 6) is -0.998. The molecule has 0 fully saturated rings. The van der Waals surface area contributed by atoms with Crippen LogP contribution in [0.2, 0.25) is 5.02 Å². The molecule has 1 aromatic carbocycles. The molecule has 8 heteroatoms. The maximum atomic E-state index is 13.1. The predicted molar refractivity (Wildman–Crippen MR) is 68.6 cm³/mol. The van der Waals surface area contributed by atoms with Gasteiger partial charge in [0.1, 0.15) is 17.8 Å². The number of nitrogens with one attached hydrogen (secondary N) is 1. The zero-order chi connectivity index (χ0) is 14.1. The summed E-state index contributed by atoms with van der Waals surface area (Å²) in [4.78, 5) is 21.3. The monoisotopic (exact) mass is 292 g/mol. The van der Waals surface area contributed by atoms with Crippen LogP contribution in [-0.2, 0) is 0 Å². The zero-order valence-electron chi connectivity index (χ0n) is 9.80. The first-order chi connectivity index (χ1) is 9.63. The average Bonchev–Trinajstić information content (AvgIpc) is 2.89. The highest BCUT2D eigenvalue weighted by Crippen LogP contribution is 2.24. The minimum atomic E-state index is -0.676. The van der Waals surface area contributed by atoms with Gasteiger partial charge in [-0.3, -0.25) is 9.51 Å². The Morgan fingerprint density at radius 2 is 2.00 bits per heavy atom. The molecule has 0 bridgehead atoms. The number of aromatic nitrogens is 4. The Labute approximate surface area is 116 Å². The van der Waals surface area contributed by atoms with Crippen LogP contribution in [0.1, 0.15) is 0 Å². The maximum Gasteiger partial charge on any atom is 0.439 e. The van der Waals surface area contributed by atoms with E-state index in [-0.39, 0.29) is 10.8 Å². The van der Waals surface area contributed by atoms with Gasteiger partial charge in [-0.2, -0.15) is 0 Å². The van der Waals surface area contributed by atoms with Crippen LogP contribution in [-0.4, -0.2) is 20.1 Å². The van der Waals surface area contributed by atoms with Crippen LogP contribution in [0.15, 0.2) is 39.9 Å². The average molecular weight is 293 g/mol. The molecule has 3 rings (SSSR count). The third-order valence-electron chi connectivity index (χ3n) is 2.57. The summed E-state index contributed by atoms with van der Waals surface area (Å²) in [5.41, 5.74) is 1.51. The summed E-state index contributed by atoms with van der Waals surface area (Å²) in [6, 6.07) is 5.82. The molecule has 1 N–H and O–H groups in total. The van der Waals surface area contributed by atoms with Crippen molar-refractivity contribution in [1.82, 2.24) is 20.1 Å². The Morgan fingerprint density at radius 1 is 1.20 bits per heavy atom. The molecule has 3 aromatic rings. The van der Waals surface area contributed by atoms with Crippen LogP contribution in [0.25, 0.3) is 22.8 Å². The topological polar surface area (TPSA) is 84.7 Å². The van der Waals surface area contributed by atoms with E-state index < -0.39 is 11.6 Å². The number of H-pyrrole nitrogens is 1. The van der Waals surface area contributed by atoms with Gasteiger partial charge in [-0.05, 0) is 24.3 Å². The molecule has 0 amide bonds. The molecule has 0 atom stereocenters.